The Morgan fingerprint density at radius 1 is 1.18 bits per heavy atom. The van der Waals surface area contributed by atoms with E-state index in [0.717, 1.165) is 10.0 Å². The summed E-state index contributed by atoms with van der Waals surface area (Å²) in [5.41, 5.74) is 1.65. The van der Waals surface area contributed by atoms with E-state index in [2.05, 4.69) is 20.9 Å². The molecule has 2 aromatic rings. The molecule has 2 nitrogen and oxygen atoms in total. The number of carbonyl (C=O) groups excluding carboxylic acids is 1. The van der Waals surface area contributed by atoms with E-state index in [0.29, 0.717) is 12.0 Å². The topological polar surface area (TPSA) is 30.0 Å². The van der Waals surface area contributed by atoms with E-state index in [1.807, 2.05) is 24.3 Å². The van der Waals surface area contributed by atoms with Gasteiger partial charge in [-0.1, -0.05) is 34.1 Å². The van der Waals surface area contributed by atoms with E-state index >= 15 is 0 Å². The van der Waals surface area contributed by atoms with Crippen molar-refractivity contribution in [3.63, 3.8) is 0 Å². The van der Waals surface area contributed by atoms with Gasteiger partial charge in [0.25, 0.3) is 0 Å². The van der Waals surface area contributed by atoms with Gasteiger partial charge in [0.2, 0.25) is 0 Å². The smallest absolute Gasteiger partial charge is 0.168 e. The van der Waals surface area contributed by atoms with Crippen molar-refractivity contribution < 1.29 is 4.79 Å². The molecule has 1 heterocycles. The summed E-state index contributed by atoms with van der Waals surface area (Å²) in [6.45, 7) is 0. The summed E-state index contributed by atoms with van der Waals surface area (Å²) in [5.74, 6) is 0.0833. The zero-order chi connectivity index (χ0) is 11.4. The predicted octanol–water partition coefficient (Wildman–Crippen LogP) is 3.85. The van der Waals surface area contributed by atoms with Crippen LogP contribution in [-0.4, -0.2) is 10.8 Å². The van der Waals surface area contributed by atoms with Crippen molar-refractivity contribution in [3.05, 3.63) is 64.4 Å². The zero-order valence-corrected chi connectivity index (χ0v) is 12.3. The molecule has 0 radical (unpaired) electrons. The number of rotatable bonds is 3. The van der Waals surface area contributed by atoms with Gasteiger partial charge in [-0.2, -0.15) is 0 Å². The van der Waals surface area contributed by atoms with Crippen LogP contribution in [0.2, 0.25) is 0 Å². The summed E-state index contributed by atoms with van der Waals surface area (Å²) in [6, 6.07) is 11.3. The number of nitrogens with zero attached hydrogens (tertiary/aromatic N) is 1. The maximum atomic E-state index is 11.9. The fourth-order valence-electron chi connectivity index (χ4n) is 1.44. The number of Topliss-reactive ketones (excluding diaryl/α,β-unsaturated/α-hetero) is 1. The third kappa shape index (κ3) is 3.75. The SMILES string of the molecule is Br.O=C(Cc1ccccc1Br)c1cccnc1. The van der Waals surface area contributed by atoms with E-state index in [-0.39, 0.29) is 22.8 Å². The highest BCUT2D eigenvalue weighted by molar-refractivity contribution is 9.10. The molecular formula is C13H11Br2NO. The van der Waals surface area contributed by atoms with Crippen molar-refractivity contribution in [2.75, 3.05) is 0 Å². The van der Waals surface area contributed by atoms with Crippen molar-refractivity contribution in [2.24, 2.45) is 0 Å². The Labute approximate surface area is 119 Å². The van der Waals surface area contributed by atoms with Crippen LogP contribution >= 0.6 is 32.9 Å². The molecule has 0 atom stereocenters. The Hall–Kier alpha value is -1.00. The van der Waals surface area contributed by atoms with Gasteiger partial charge in [-0.15, -0.1) is 17.0 Å². The van der Waals surface area contributed by atoms with E-state index < -0.39 is 0 Å². The summed E-state index contributed by atoms with van der Waals surface area (Å²) in [5, 5.41) is 0. The first-order chi connectivity index (χ1) is 7.77. The van der Waals surface area contributed by atoms with Crippen LogP contribution in [0, 0.1) is 0 Å². The van der Waals surface area contributed by atoms with Crippen LogP contribution in [0.5, 0.6) is 0 Å². The normalized spacial score (nSPS) is 9.47. The monoisotopic (exact) mass is 355 g/mol. The lowest BCUT2D eigenvalue weighted by Gasteiger charge is -2.03. The minimum absolute atomic E-state index is 0. The number of pyridine rings is 1. The number of ketones is 1. The number of halogens is 2. The van der Waals surface area contributed by atoms with E-state index in [9.17, 15) is 4.79 Å². The number of carbonyl (C=O) groups is 1. The Morgan fingerprint density at radius 3 is 2.59 bits per heavy atom. The predicted molar refractivity (Wildman–Crippen MR) is 76.7 cm³/mol. The molecule has 0 unspecified atom stereocenters. The van der Waals surface area contributed by atoms with Crippen molar-refractivity contribution in [1.82, 2.24) is 4.98 Å². The van der Waals surface area contributed by atoms with Crippen molar-refractivity contribution in [3.8, 4) is 0 Å². The summed E-state index contributed by atoms with van der Waals surface area (Å²) < 4.78 is 0.965. The average molecular weight is 357 g/mol. The molecule has 0 aliphatic heterocycles. The number of hydrogen-bond acceptors (Lipinski definition) is 2. The minimum Gasteiger partial charge on any atom is -0.294 e. The highest BCUT2D eigenvalue weighted by Gasteiger charge is 2.08. The average Bonchev–Trinajstić information content (AvgIpc) is 2.33. The quantitative estimate of drug-likeness (QED) is 0.782. The number of hydrogen-bond donors (Lipinski definition) is 0. The lowest BCUT2D eigenvalue weighted by atomic mass is 10.0. The Bertz CT molecular complexity index is 500. The molecule has 4 heteroatoms. The van der Waals surface area contributed by atoms with Crippen LogP contribution in [-0.2, 0) is 6.42 Å². The van der Waals surface area contributed by atoms with Gasteiger partial charge in [-0.25, -0.2) is 0 Å². The largest absolute Gasteiger partial charge is 0.294 e. The molecule has 0 amide bonds. The molecule has 17 heavy (non-hydrogen) atoms. The molecule has 2 rings (SSSR count). The molecule has 88 valence electrons. The summed E-state index contributed by atoms with van der Waals surface area (Å²) in [6.07, 6.45) is 3.65. The second-order valence-corrected chi connectivity index (χ2v) is 4.29. The van der Waals surface area contributed by atoms with Crippen molar-refractivity contribution >= 4 is 38.7 Å². The second-order valence-electron chi connectivity index (χ2n) is 3.43. The standard InChI is InChI=1S/C13H10BrNO.BrH/c14-12-6-2-1-4-10(12)8-13(16)11-5-3-7-15-9-11;/h1-7,9H,8H2;1H. The van der Waals surface area contributed by atoms with Gasteiger partial charge in [0.1, 0.15) is 0 Å². The lowest BCUT2D eigenvalue weighted by Crippen LogP contribution is -2.04. The maximum Gasteiger partial charge on any atom is 0.168 e. The fourth-order valence-corrected chi connectivity index (χ4v) is 1.87. The summed E-state index contributed by atoms with van der Waals surface area (Å²) >= 11 is 3.43. The highest BCUT2D eigenvalue weighted by Crippen LogP contribution is 2.17. The number of benzene rings is 1. The molecule has 0 fully saturated rings. The van der Waals surface area contributed by atoms with E-state index in [1.54, 1.807) is 24.5 Å². The summed E-state index contributed by atoms with van der Waals surface area (Å²) in [7, 11) is 0. The third-order valence-electron chi connectivity index (χ3n) is 2.29. The molecule has 1 aromatic heterocycles. The first-order valence-electron chi connectivity index (χ1n) is 4.94. The Balaban J connectivity index is 0.00000144. The van der Waals surface area contributed by atoms with Gasteiger partial charge in [0.15, 0.2) is 5.78 Å². The van der Waals surface area contributed by atoms with Crippen LogP contribution in [0.25, 0.3) is 0 Å². The molecule has 0 aliphatic carbocycles. The van der Waals surface area contributed by atoms with Crippen LogP contribution in [0.4, 0.5) is 0 Å². The van der Waals surface area contributed by atoms with Gasteiger partial charge < -0.3 is 0 Å². The van der Waals surface area contributed by atoms with Gasteiger partial charge in [0.05, 0.1) is 0 Å². The van der Waals surface area contributed by atoms with Crippen LogP contribution < -0.4 is 0 Å². The molecule has 0 spiro atoms. The van der Waals surface area contributed by atoms with Gasteiger partial charge in [-0.05, 0) is 23.8 Å². The van der Waals surface area contributed by atoms with Crippen molar-refractivity contribution in [2.45, 2.75) is 6.42 Å². The van der Waals surface area contributed by atoms with E-state index in [1.165, 1.54) is 0 Å². The molecule has 1 aromatic carbocycles. The first kappa shape index (κ1) is 14.1. The molecule has 0 bridgehead atoms. The fraction of sp³-hybridized carbons (Fsp3) is 0.0769. The molecular weight excluding hydrogens is 346 g/mol. The Morgan fingerprint density at radius 2 is 1.94 bits per heavy atom. The first-order valence-corrected chi connectivity index (χ1v) is 5.73. The number of aromatic nitrogens is 1. The molecule has 0 N–H and O–H groups in total. The van der Waals surface area contributed by atoms with Crippen molar-refractivity contribution in [1.29, 1.82) is 0 Å². The third-order valence-corrected chi connectivity index (χ3v) is 3.07. The van der Waals surface area contributed by atoms with Crippen LogP contribution in [0.3, 0.4) is 0 Å². The second kappa shape index (κ2) is 6.67. The molecule has 0 saturated heterocycles. The zero-order valence-electron chi connectivity index (χ0n) is 8.97. The molecule has 0 saturated carbocycles. The van der Waals surface area contributed by atoms with Gasteiger partial charge in [-0.3, -0.25) is 9.78 Å². The van der Waals surface area contributed by atoms with Gasteiger partial charge in [0, 0.05) is 28.9 Å². The summed E-state index contributed by atoms with van der Waals surface area (Å²) in [4.78, 5) is 15.8. The van der Waals surface area contributed by atoms with Crippen LogP contribution in [0.1, 0.15) is 15.9 Å². The van der Waals surface area contributed by atoms with Crippen LogP contribution in [0.15, 0.2) is 53.3 Å². The van der Waals surface area contributed by atoms with Gasteiger partial charge >= 0.3 is 0 Å². The lowest BCUT2D eigenvalue weighted by molar-refractivity contribution is 0.0992. The van der Waals surface area contributed by atoms with E-state index in [4.69, 9.17) is 0 Å². The maximum absolute atomic E-state index is 11.9. The highest BCUT2D eigenvalue weighted by atomic mass is 79.9. The minimum atomic E-state index is 0. The molecule has 0 aliphatic rings. The Kier molecular flexibility index (Phi) is 5.51.